The molecule has 0 aliphatic rings. The summed E-state index contributed by atoms with van der Waals surface area (Å²) in [5.41, 5.74) is 1.02. The van der Waals surface area contributed by atoms with E-state index in [0.29, 0.717) is 29.1 Å². The first-order valence-corrected chi connectivity index (χ1v) is 6.45. The summed E-state index contributed by atoms with van der Waals surface area (Å²) < 4.78 is 1.33. The van der Waals surface area contributed by atoms with Crippen LogP contribution in [0.15, 0.2) is 18.5 Å². The number of rotatable bonds is 4. The van der Waals surface area contributed by atoms with E-state index in [2.05, 4.69) is 25.8 Å². The molecule has 108 valence electrons. The highest BCUT2D eigenvalue weighted by Gasteiger charge is 2.26. The van der Waals surface area contributed by atoms with Gasteiger partial charge in [0, 0.05) is 18.1 Å². The third-order valence-electron chi connectivity index (χ3n) is 3.09. The molecular weight excluding hydrogens is 274 g/mol. The molecule has 3 aromatic rings. The van der Waals surface area contributed by atoms with Crippen LogP contribution in [0, 0.1) is 16.0 Å². The zero-order valence-electron chi connectivity index (χ0n) is 11.5. The highest BCUT2D eigenvalue weighted by molar-refractivity contribution is 6.00. The number of nitro groups is 1. The van der Waals surface area contributed by atoms with E-state index in [4.69, 9.17) is 0 Å². The molecule has 0 fully saturated rings. The van der Waals surface area contributed by atoms with Gasteiger partial charge in [0.2, 0.25) is 0 Å². The van der Waals surface area contributed by atoms with Gasteiger partial charge in [-0.05, 0) is 22.4 Å². The van der Waals surface area contributed by atoms with Crippen molar-refractivity contribution in [2.75, 3.05) is 11.9 Å². The topological polar surface area (TPSA) is 111 Å². The first kappa shape index (κ1) is 13.2. The van der Waals surface area contributed by atoms with Crippen molar-refractivity contribution in [3.8, 4) is 0 Å². The van der Waals surface area contributed by atoms with Crippen LogP contribution in [0.2, 0.25) is 0 Å². The third-order valence-corrected chi connectivity index (χ3v) is 3.09. The summed E-state index contributed by atoms with van der Waals surface area (Å²) in [6.07, 6.45) is 3.17. The van der Waals surface area contributed by atoms with E-state index in [0.717, 1.165) is 0 Å². The van der Waals surface area contributed by atoms with Crippen molar-refractivity contribution in [1.29, 1.82) is 0 Å². The number of pyridine rings is 2. The van der Waals surface area contributed by atoms with Crippen molar-refractivity contribution < 1.29 is 4.92 Å². The monoisotopic (exact) mass is 287 g/mol. The van der Waals surface area contributed by atoms with Gasteiger partial charge in [0.25, 0.3) is 5.65 Å². The van der Waals surface area contributed by atoms with Crippen LogP contribution in [0.4, 0.5) is 11.4 Å². The zero-order chi connectivity index (χ0) is 15.0. The predicted molar refractivity (Wildman–Crippen MR) is 76.1 cm³/mol. The summed E-state index contributed by atoms with van der Waals surface area (Å²) >= 11 is 0. The fourth-order valence-corrected chi connectivity index (χ4v) is 2.16. The fraction of sp³-hybridized carbons (Fsp3) is 0.333. The molecule has 3 aromatic heterocycles. The van der Waals surface area contributed by atoms with Crippen LogP contribution in [0.3, 0.4) is 0 Å². The molecule has 9 nitrogen and oxygen atoms in total. The van der Waals surface area contributed by atoms with Gasteiger partial charge in [-0.2, -0.15) is 4.52 Å². The molecule has 0 radical (unpaired) electrons. The molecule has 3 heterocycles. The maximum absolute atomic E-state index is 11.5. The molecule has 9 heteroatoms. The molecule has 0 saturated heterocycles. The third kappa shape index (κ3) is 2.12. The largest absolute Gasteiger partial charge is 0.379 e. The average molecular weight is 287 g/mol. The van der Waals surface area contributed by atoms with Crippen LogP contribution in [0.25, 0.3) is 16.6 Å². The lowest BCUT2D eigenvalue weighted by atomic mass is 10.1. The molecule has 0 aromatic carbocycles. The molecule has 0 amide bonds. The fourth-order valence-electron chi connectivity index (χ4n) is 2.16. The van der Waals surface area contributed by atoms with E-state index in [1.807, 2.05) is 13.8 Å². The Kier molecular flexibility index (Phi) is 3.09. The lowest BCUT2D eigenvalue weighted by Gasteiger charge is -2.12. The zero-order valence-corrected chi connectivity index (χ0v) is 11.5. The highest BCUT2D eigenvalue weighted by atomic mass is 16.6. The second-order valence-corrected chi connectivity index (χ2v) is 5.06. The molecule has 0 aliphatic heterocycles. The van der Waals surface area contributed by atoms with E-state index in [1.165, 1.54) is 4.52 Å². The van der Waals surface area contributed by atoms with Gasteiger partial charge in [-0.1, -0.05) is 13.8 Å². The number of hydrogen-bond donors (Lipinski definition) is 1. The van der Waals surface area contributed by atoms with Gasteiger partial charge in [-0.15, -0.1) is 5.10 Å². The van der Waals surface area contributed by atoms with E-state index in [9.17, 15) is 10.1 Å². The smallest absolute Gasteiger partial charge is 0.339 e. The van der Waals surface area contributed by atoms with Gasteiger partial charge in [-0.25, -0.2) is 0 Å². The first-order valence-electron chi connectivity index (χ1n) is 6.45. The van der Waals surface area contributed by atoms with Crippen molar-refractivity contribution in [1.82, 2.24) is 25.0 Å². The Morgan fingerprint density at radius 2 is 2.29 bits per heavy atom. The highest BCUT2D eigenvalue weighted by Crippen LogP contribution is 2.35. The summed E-state index contributed by atoms with van der Waals surface area (Å²) in [6, 6.07) is 1.71. The van der Waals surface area contributed by atoms with Gasteiger partial charge in [0.1, 0.15) is 5.69 Å². The summed E-state index contributed by atoms with van der Waals surface area (Å²) in [7, 11) is 0. The van der Waals surface area contributed by atoms with Crippen LogP contribution in [-0.4, -0.2) is 36.5 Å². The Morgan fingerprint density at radius 3 is 3.00 bits per heavy atom. The number of hydrogen-bond acceptors (Lipinski definition) is 7. The standard InChI is InChI=1S/C12H13N7O2/c1-7(2)5-14-10-8-3-4-13-6-9(8)18-12(15-16-17-18)11(10)19(20)21/h3-4,6-7,14H,5H2,1-2H3. The van der Waals surface area contributed by atoms with Crippen LogP contribution < -0.4 is 5.32 Å². The Balaban J connectivity index is 2.37. The molecule has 21 heavy (non-hydrogen) atoms. The van der Waals surface area contributed by atoms with Gasteiger partial charge in [0.15, 0.2) is 0 Å². The maximum atomic E-state index is 11.5. The minimum atomic E-state index is -0.464. The lowest BCUT2D eigenvalue weighted by Crippen LogP contribution is -2.11. The number of anilines is 1. The molecule has 0 bridgehead atoms. The minimum Gasteiger partial charge on any atom is -0.379 e. The van der Waals surface area contributed by atoms with E-state index in [1.54, 1.807) is 18.5 Å². The lowest BCUT2D eigenvalue weighted by molar-refractivity contribution is -0.382. The molecule has 0 spiro atoms. The molecular formula is C12H13N7O2. The quantitative estimate of drug-likeness (QED) is 0.573. The molecule has 0 aliphatic carbocycles. The second kappa shape index (κ2) is 4.93. The van der Waals surface area contributed by atoms with Crippen LogP contribution in [-0.2, 0) is 0 Å². The Morgan fingerprint density at radius 1 is 1.48 bits per heavy atom. The van der Waals surface area contributed by atoms with Gasteiger partial charge < -0.3 is 5.32 Å². The number of fused-ring (bicyclic) bond motifs is 3. The van der Waals surface area contributed by atoms with Crippen molar-refractivity contribution in [2.45, 2.75) is 13.8 Å². The van der Waals surface area contributed by atoms with Gasteiger partial charge in [0.05, 0.1) is 16.6 Å². The Hall–Kier alpha value is -2.84. The molecule has 1 N–H and O–H groups in total. The van der Waals surface area contributed by atoms with Crippen molar-refractivity contribution in [2.24, 2.45) is 5.92 Å². The molecule has 0 saturated carbocycles. The predicted octanol–water partition coefficient (Wildman–Crippen LogP) is 1.65. The Bertz CT molecular complexity index is 827. The summed E-state index contributed by atoms with van der Waals surface area (Å²) in [5, 5.41) is 26.4. The number of aromatic nitrogens is 5. The number of nitrogens with zero attached hydrogens (tertiary/aromatic N) is 6. The summed E-state index contributed by atoms with van der Waals surface area (Å²) in [5.74, 6) is 0.341. The van der Waals surface area contributed by atoms with Crippen LogP contribution in [0.1, 0.15) is 13.8 Å². The molecule has 0 unspecified atom stereocenters. The van der Waals surface area contributed by atoms with Gasteiger partial charge in [-0.3, -0.25) is 15.1 Å². The molecule has 0 atom stereocenters. The second-order valence-electron chi connectivity index (χ2n) is 5.06. The normalized spacial score (nSPS) is 11.4. The van der Waals surface area contributed by atoms with Crippen LogP contribution >= 0.6 is 0 Å². The van der Waals surface area contributed by atoms with Gasteiger partial charge >= 0.3 is 5.69 Å². The minimum absolute atomic E-state index is 0.103. The van der Waals surface area contributed by atoms with E-state index < -0.39 is 4.92 Å². The first-order chi connectivity index (χ1) is 10.1. The van der Waals surface area contributed by atoms with Crippen molar-refractivity contribution in [3.63, 3.8) is 0 Å². The van der Waals surface area contributed by atoms with E-state index in [-0.39, 0.29) is 11.3 Å². The van der Waals surface area contributed by atoms with Crippen LogP contribution in [0.5, 0.6) is 0 Å². The summed E-state index contributed by atoms with van der Waals surface area (Å²) in [4.78, 5) is 15.0. The Labute approximate surface area is 119 Å². The molecule has 3 rings (SSSR count). The van der Waals surface area contributed by atoms with Crippen molar-refractivity contribution >= 4 is 27.9 Å². The number of nitrogens with one attached hydrogen (secondary N) is 1. The average Bonchev–Trinajstić information content (AvgIpc) is 2.92. The van der Waals surface area contributed by atoms with E-state index >= 15 is 0 Å². The SMILES string of the molecule is CC(C)CNc1c([N+](=O)[O-])c2nnnn2c2cnccc12. The summed E-state index contributed by atoms with van der Waals surface area (Å²) in [6.45, 7) is 4.66. The number of tetrazole rings is 1. The maximum Gasteiger partial charge on any atom is 0.339 e. The van der Waals surface area contributed by atoms with Crippen molar-refractivity contribution in [3.05, 3.63) is 28.6 Å².